The molecule has 26 heavy (non-hydrogen) atoms. The maximum atomic E-state index is 11.9. The Morgan fingerprint density at radius 2 is 1.69 bits per heavy atom. The van der Waals surface area contributed by atoms with E-state index < -0.39 is 0 Å². The predicted molar refractivity (Wildman–Crippen MR) is 109 cm³/mol. The lowest BCUT2D eigenvalue weighted by molar-refractivity contribution is 0.102. The zero-order chi connectivity index (χ0) is 18.2. The van der Waals surface area contributed by atoms with E-state index in [9.17, 15) is 4.79 Å². The molecule has 0 radical (unpaired) electrons. The molecule has 1 aromatic heterocycles. The van der Waals surface area contributed by atoms with E-state index in [1.165, 1.54) is 5.56 Å². The van der Waals surface area contributed by atoms with E-state index in [0.29, 0.717) is 16.5 Å². The molecule has 0 bridgehead atoms. The highest BCUT2D eigenvalue weighted by Gasteiger charge is 2.08. The lowest BCUT2D eigenvalue weighted by atomic mass is 10.1. The molecule has 1 heterocycles. The third-order valence-electron chi connectivity index (χ3n) is 3.54. The van der Waals surface area contributed by atoms with Crippen LogP contribution in [0.25, 0.3) is 0 Å². The molecule has 3 aromatic rings. The van der Waals surface area contributed by atoms with Crippen molar-refractivity contribution in [1.82, 2.24) is 14.9 Å². The van der Waals surface area contributed by atoms with E-state index in [0.717, 1.165) is 30.2 Å². The van der Waals surface area contributed by atoms with Crippen LogP contribution in [0.2, 0.25) is 0 Å². The molecule has 0 saturated heterocycles. The van der Waals surface area contributed by atoms with E-state index in [1.807, 2.05) is 30.3 Å². The molecular formula is C18H17N5OS2. The summed E-state index contributed by atoms with van der Waals surface area (Å²) in [5, 5.41) is 15.0. The Morgan fingerprint density at radius 1 is 1.00 bits per heavy atom. The van der Waals surface area contributed by atoms with Gasteiger partial charge in [-0.25, -0.2) is 0 Å². The first-order valence-corrected chi connectivity index (χ1v) is 9.22. The molecule has 0 fully saturated rings. The highest BCUT2D eigenvalue weighted by Crippen LogP contribution is 2.14. The standard InChI is InChI=1S/C18H17N5OS2/c24-17(16-12-26-23-22-16)20-14-6-8-15(9-7-14)21-18(25)19-11-10-13-4-2-1-3-5-13/h1-9,12H,10-11H2,(H,20,24)(H2,19,21,25). The van der Waals surface area contributed by atoms with Gasteiger partial charge in [0.05, 0.1) is 0 Å². The average Bonchev–Trinajstić information content (AvgIpc) is 3.19. The molecule has 2 aromatic carbocycles. The van der Waals surface area contributed by atoms with Crippen LogP contribution in [0.1, 0.15) is 16.1 Å². The van der Waals surface area contributed by atoms with Crippen molar-refractivity contribution < 1.29 is 4.79 Å². The van der Waals surface area contributed by atoms with Crippen LogP contribution in [0.4, 0.5) is 11.4 Å². The summed E-state index contributed by atoms with van der Waals surface area (Å²) >= 11 is 6.44. The van der Waals surface area contributed by atoms with Crippen LogP contribution < -0.4 is 16.0 Å². The number of aromatic nitrogens is 2. The van der Waals surface area contributed by atoms with Gasteiger partial charge in [0.2, 0.25) is 0 Å². The van der Waals surface area contributed by atoms with Gasteiger partial charge in [0.15, 0.2) is 10.8 Å². The molecule has 1 amide bonds. The highest BCUT2D eigenvalue weighted by atomic mass is 32.1. The summed E-state index contributed by atoms with van der Waals surface area (Å²) in [5.41, 5.74) is 3.09. The molecule has 0 atom stereocenters. The van der Waals surface area contributed by atoms with E-state index in [4.69, 9.17) is 12.2 Å². The maximum absolute atomic E-state index is 11.9. The molecule has 0 aliphatic rings. The maximum Gasteiger partial charge on any atom is 0.277 e. The Bertz CT molecular complexity index is 851. The molecular weight excluding hydrogens is 366 g/mol. The predicted octanol–water partition coefficient (Wildman–Crippen LogP) is 3.32. The smallest absolute Gasteiger partial charge is 0.277 e. The van der Waals surface area contributed by atoms with Crippen LogP contribution in [0.15, 0.2) is 60.0 Å². The second-order valence-electron chi connectivity index (χ2n) is 5.44. The van der Waals surface area contributed by atoms with Gasteiger partial charge in [0.25, 0.3) is 5.91 Å². The number of nitrogens with one attached hydrogen (secondary N) is 3. The molecule has 0 saturated carbocycles. The van der Waals surface area contributed by atoms with E-state index in [-0.39, 0.29) is 5.91 Å². The van der Waals surface area contributed by atoms with Gasteiger partial charge in [-0.3, -0.25) is 4.79 Å². The molecule has 3 rings (SSSR count). The van der Waals surface area contributed by atoms with Crippen molar-refractivity contribution in [3.05, 3.63) is 71.2 Å². The van der Waals surface area contributed by atoms with Gasteiger partial charge in [-0.2, -0.15) is 0 Å². The highest BCUT2D eigenvalue weighted by molar-refractivity contribution is 7.80. The monoisotopic (exact) mass is 383 g/mol. The number of benzene rings is 2. The molecule has 0 unspecified atom stereocenters. The third-order valence-corrected chi connectivity index (χ3v) is 4.29. The van der Waals surface area contributed by atoms with Crippen molar-refractivity contribution in [2.75, 3.05) is 17.2 Å². The third kappa shape index (κ3) is 5.33. The summed E-state index contributed by atoms with van der Waals surface area (Å²) in [6, 6.07) is 17.5. The lowest BCUT2D eigenvalue weighted by Gasteiger charge is -2.11. The molecule has 0 aliphatic carbocycles. The number of carbonyl (C=O) groups excluding carboxylic acids is 1. The number of hydrogen-bond donors (Lipinski definition) is 3. The number of amides is 1. The SMILES string of the molecule is O=C(Nc1ccc(NC(=S)NCCc2ccccc2)cc1)c1csnn1. The molecule has 3 N–H and O–H groups in total. The van der Waals surface area contributed by atoms with Crippen molar-refractivity contribution in [1.29, 1.82) is 0 Å². The van der Waals surface area contributed by atoms with Crippen LogP contribution in [0.3, 0.4) is 0 Å². The van der Waals surface area contributed by atoms with Gasteiger partial charge < -0.3 is 16.0 Å². The lowest BCUT2D eigenvalue weighted by Crippen LogP contribution is -2.30. The van der Waals surface area contributed by atoms with Gasteiger partial charge in [0, 0.05) is 23.3 Å². The van der Waals surface area contributed by atoms with Crippen LogP contribution in [0, 0.1) is 0 Å². The van der Waals surface area contributed by atoms with Gasteiger partial charge in [-0.15, -0.1) is 5.10 Å². The van der Waals surface area contributed by atoms with Crippen molar-refractivity contribution >= 4 is 46.1 Å². The number of anilines is 2. The zero-order valence-corrected chi connectivity index (χ0v) is 15.4. The van der Waals surface area contributed by atoms with Crippen LogP contribution in [-0.4, -0.2) is 27.2 Å². The van der Waals surface area contributed by atoms with Crippen LogP contribution in [0.5, 0.6) is 0 Å². The minimum Gasteiger partial charge on any atom is -0.362 e. The molecule has 0 spiro atoms. The Morgan fingerprint density at radius 3 is 2.35 bits per heavy atom. The largest absolute Gasteiger partial charge is 0.362 e. The van der Waals surface area contributed by atoms with Gasteiger partial charge in [-0.05, 0) is 60.0 Å². The Labute approximate surface area is 160 Å². The summed E-state index contributed by atoms with van der Waals surface area (Å²) in [7, 11) is 0. The number of carbonyl (C=O) groups is 1. The fourth-order valence-corrected chi connectivity index (χ4v) is 2.89. The first kappa shape index (κ1) is 18.0. The number of hydrogen-bond acceptors (Lipinski definition) is 5. The summed E-state index contributed by atoms with van der Waals surface area (Å²) < 4.78 is 3.67. The normalized spacial score (nSPS) is 10.2. The summed E-state index contributed by atoms with van der Waals surface area (Å²) in [6.45, 7) is 0.756. The van der Waals surface area contributed by atoms with Crippen LogP contribution >= 0.6 is 23.8 Å². The van der Waals surface area contributed by atoms with Crippen molar-refractivity contribution in [2.24, 2.45) is 0 Å². The van der Waals surface area contributed by atoms with E-state index in [1.54, 1.807) is 17.5 Å². The second-order valence-corrected chi connectivity index (χ2v) is 6.46. The van der Waals surface area contributed by atoms with Crippen molar-refractivity contribution in [3.63, 3.8) is 0 Å². The first-order valence-electron chi connectivity index (χ1n) is 7.98. The van der Waals surface area contributed by atoms with Crippen LogP contribution in [-0.2, 0) is 6.42 Å². The molecule has 132 valence electrons. The summed E-state index contributed by atoms with van der Waals surface area (Å²) in [6.07, 6.45) is 0.902. The Kier molecular flexibility index (Phi) is 6.24. The second kappa shape index (κ2) is 9.02. The zero-order valence-electron chi connectivity index (χ0n) is 13.8. The molecule has 6 nitrogen and oxygen atoms in total. The minimum absolute atomic E-state index is 0.280. The minimum atomic E-state index is -0.280. The Hall–Kier alpha value is -2.84. The van der Waals surface area contributed by atoms with E-state index >= 15 is 0 Å². The number of nitrogens with zero attached hydrogens (tertiary/aromatic N) is 2. The Balaban J connectivity index is 1.44. The quantitative estimate of drug-likeness (QED) is 0.567. The van der Waals surface area contributed by atoms with Gasteiger partial charge in [0.1, 0.15) is 0 Å². The summed E-state index contributed by atoms with van der Waals surface area (Å²) in [4.78, 5) is 11.9. The molecule has 0 aliphatic heterocycles. The van der Waals surface area contributed by atoms with Gasteiger partial charge >= 0.3 is 0 Å². The fraction of sp³-hybridized carbons (Fsp3) is 0.111. The van der Waals surface area contributed by atoms with E-state index in [2.05, 4.69) is 37.7 Å². The number of rotatable bonds is 6. The topological polar surface area (TPSA) is 78.9 Å². The average molecular weight is 384 g/mol. The van der Waals surface area contributed by atoms with Gasteiger partial charge in [-0.1, -0.05) is 34.8 Å². The van der Waals surface area contributed by atoms with Crippen molar-refractivity contribution in [2.45, 2.75) is 6.42 Å². The molecule has 8 heteroatoms. The summed E-state index contributed by atoms with van der Waals surface area (Å²) in [5.74, 6) is -0.280. The van der Waals surface area contributed by atoms with Crippen molar-refractivity contribution in [3.8, 4) is 0 Å². The first-order chi connectivity index (χ1) is 12.7. The fourth-order valence-electron chi connectivity index (χ4n) is 2.24. The number of thiocarbonyl (C=S) groups is 1.